The summed E-state index contributed by atoms with van der Waals surface area (Å²) in [6.45, 7) is 0.0675. The van der Waals surface area contributed by atoms with E-state index in [1.807, 2.05) is 0 Å². The molecule has 0 heterocycles. The van der Waals surface area contributed by atoms with Crippen molar-refractivity contribution in [2.45, 2.75) is 50.7 Å². The van der Waals surface area contributed by atoms with Crippen LogP contribution in [0.5, 0.6) is 0 Å². The van der Waals surface area contributed by atoms with Crippen molar-refractivity contribution in [2.24, 2.45) is 5.41 Å². The maximum absolute atomic E-state index is 11.9. The van der Waals surface area contributed by atoms with Gasteiger partial charge in [-0.25, -0.2) is 0 Å². The average Bonchev–Trinajstić information content (AvgIpc) is 2.96. The number of ether oxygens (including phenoxy) is 1. The van der Waals surface area contributed by atoms with Gasteiger partial charge < -0.3 is 10.1 Å². The summed E-state index contributed by atoms with van der Waals surface area (Å²) in [6, 6.07) is 0.670. The molecule has 2 rings (SSSR count). The van der Waals surface area contributed by atoms with Crippen molar-refractivity contribution in [2.75, 3.05) is 19.8 Å². The molecule has 0 atom stereocenters. The Kier molecular flexibility index (Phi) is 3.98. The molecule has 0 aliphatic heterocycles. The summed E-state index contributed by atoms with van der Waals surface area (Å²) in [5.41, 5.74) is 0.216. The molecule has 0 aromatic heterocycles. The van der Waals surface area contributed by atoms with Crippen molar-refractivity contribution in [3.05, 3.63) is 0 Å². The van der Waals surface area contributed by atoms with Gasteiger partial charge in [0.05, 0.1) is 0 Å². The molecule has 0 spiro atoms. The van der Waals surface area contributed by atoms with Gasteiger partial charge in [-0.15, -0.1) is 0 Å². The maximum Gasteiger partial charge on any atom is 0.411 e. The predicted molar refractivity (Wildman–Crippen MR) is 58.8 cm³/mol. The van der Waals surface area contributed by atoms with E-state index in [1.165, 1.54) is 19.3 Å². The maximum atomic E-state index is 11.9. The van der Waals surface area contributed by atoms with Gasteiger partial charge in [-0.05, 0) is 37.5 Å². The molecule has 100 valence electrons. The summed E-state index contributed by atoms with van der Waals surface area (Å²) in [5.74, 6) is 0. The molecular weight excluding hydrogens is 231 g/mol. The van der Waals surface area contributed by atoms with Crippen molar-refractivity contribution in [3.8, 4) is 0 Å². The largest absolute Gasteiger partial charge is 0.411 e. The first kappa shape index (κ1) is 13.1. The summed E-state index contributed by atoms with van der Waals surface area (Å²) < 4.78 is 40.4. The van der Waals surface area contributed by atoms with Crippen LogP contribution in [0.25, 0.3) is 0 Å². The van der Waals surface area contributed by atoms with Crippen LogP contribution in [-0.4, -0.2) is 32.0 Å². The summed E-state index contributed by atoms with van der Waals surface area (Å²) >= 11 is 0. The predicted octanol–water partition coefficient (Wildman–Crippen LogP) is 2.88. The van der Waals surface area contributed by atoms with Gasteiger partial charge in [0.2, 0.25) is 0 Å². The van der Waals surface area contributed by atoms with Gasteiger partial charge in [0.1, 0.15) is 6.61 Å². The third kappa shape index (κ3) is 4.47. The summed E-state index contributed by atoms with van der Waals surface area (Å²) in [5, 5.41) is 3.48. The van der Waals surface area contributed by atoms with E-state index in [9.17, 15) is 13.2 Å². The molecule has 0 saturated heterocycles. The lowest BCUT2D eigenvalue weighted by Gasteiger charge is -2.42. The lowest BCUT2D eigenvalue weighted by Crippen LogP contribution is -2.41. The zero-order chi connectivity index (χ0) is 12.4. The van der Waals surface area contributed by atoms with Crippen LogP contribution >= 0.6 is 0 Å². The molecule has 1 N–H and O–H groups in total. The van der Waals surface area contributed by atoms with Crippen LogP contribution in [0.4, 0.5) is 13.2 Å². The number of nitrogens with one attached hydrogen (secondary N) is 1. The molecule has 2 aliphatic carbocycles. The zero-order valence-electron chi connectivity index (χ0n) is 9.98. The Bertz CT molecular complexity index is 247. The van der Waals surface area contributed by atoms with Crippen molar-refractivity contribution >= 4 is 0 Å². The Morgan fingerprint density at radius 2 is 1.94 bits per heavy atom. The third-order valence-corrected chi connectivity index (χ3v) is 3.80. The molecule has 0 amide bonds. The number of alkyl halides is 3. The van der Waals surface area contributed by atoms with Crippen LogP contribution < -0.4 is 5.32 Å². The average molecular weight is 251 g/mol. The van der Waals surface area contributed by atoms with E-state index in [0.717, 1.165) is 25.8 Å². The van der Waals surface area contributed by atoms with Crippen molar-refractivity contribution in [1.29, 1.82) is 0 Å². The smallest absolute Gasteiger partial charge is 0.372 e. The lowest BCUT2D eigenvalue weighted by molar-refractivity contribution is -0.176. The molecule has 2 fully saturated rings. The van der Waals surface area contributed by atoms with Crippen LogP contribution in [0.2, 0.25) is 0 Å². The van der Waals surface area contributed by atoms with Gasteiger partial charge in [-0.3, -0.25) is 0 Å². The Morgan fingerprint density at radius 1 is 1.24 bits per heavy atom. The van der Waals surface area contributed by atoms with E-state index in [2.05, 4.69) is 5.32 Å². The zero-order valence-corrected chi connectivity index (χ0v) is 9.98. The quantitative estimate of drug-likeness (QED) is 0.702. The molecule has 0 aromatic rings. The van der Waals surface area contributed by atoms with Gasteiger partial charge in [0, 0.05) is 19.2 Å². The highest BCUT2D eigenvalue weighted by molar-refractivity contribution is 4.92. The van der Waals surface area contributed by atoms with Crippen molar-refractivity contribution < 1.29 is 17.9 Å². The fourth-order valence-electron chi connectivity index (χ4n) is 2.32. The van der Waals surface area contributed by atoms with E-state index < -0.39 is 12.8 Å². The highest BCUT2D eigenvalue weighted by Gasteiger charge is 2.38. The van der Waals surface area contributed by atoms with Crippen LogP contribution in [-0.2, 0) is 4.74 Å². The van der Waals surface area contributed by atoms with Gasteiger partial charge in [-0.1, -0.05) is 6.42 Å². The minimum Gasteiger partial charge on any atom is -0.372 e. The second-order valence-corrected chi connectivity index (χ2v) is 5.43. The minimum atomic E-state index is -4.20. The molecule has 0 radical (unpaired) electrons. The first-order valence-corrected chi connectivity index (χ1v) is 6.37. The number of rotatable bonds is 7. The fraction of sp³-hybridized carbons (Fsp3) is 1.00. The van der Waals surface area contributed by atoms with Crippen LogP contribution in [0, 0.1) is 5.41 Å². The molecule has 2 nitrogen and oxygen atoms in total. The molecule has 0 unspecified atom stereocenters. The van der Waals surface area contributed by atoms with E-state index in [-0.39, 0.29) is 12.0 Å². The van der Waals surface area contributed by atoms with E-state index in [4.69, 9.17) is 4.74 Å². The van der Waals surface area contributed by atoms with E-state index in [1.54, 1.807) is 0 Å². The number of hydrogen-bond donors (Lipinski definition) is 1. The van der Waals surface area contributed by atoms with Gasteiger partial charge in [-0.2, -0.15) is 13.2 Å². The summed E-state index contributed by atoms with van der Waals surface area (Å²) in [7, 11) is 0. The van der Waals surface area contributed by atoms with E-state index in [0.29, 0.717) is 6.04 Å². The van der Waals surface area contributed by atoms with Crippen molar-refractivity contribution in [3.63, 3.8) is 0 Å². The third-order valence-electron chi connectivity index (χ3n) is 3.80. The first-order valence-electron chi connectivity index (χ1n) is 6.37. The Morgan fingerprint density at radius 3 is 2.41 bits per heavy atom. The summed E-state index contributed by atoms with van der Waals surface area (Å²) in [6.07, 6.45) is 2.51. The van der Waals surface area contributed by atoms with Crippen LogP contribution in [0.3, 0.4) is 0 Å². The SMILES string of the molecule is FC(F)(F)COCCC1(CNC2CC2)CCC1. The normalized spacial score (nSPS) is 23.5. The molecule has 17 heavy (non-hydrogen) atoms. The monoisotopic (exact) mass is 251 g/mol. The van der Waals surface area contributed by atoms with Gasteiger partial charge in [0.25, 0.3) is 0 Å². The Balaban J connectivity index is 1.61. The highest BCUT2D eigenvalue weighted by Crippen LogP contribution is 2.44. The van der Waals surface area contributed by atoms with Crippen LogP contribution in [0.15, 0.2) is 0 Å². The standard InChI is InChI=1S/C12H20F3NO/c13-12(14,15)9-17-7-6-11(4-1-5-11)8-16-10-2-3-10/h10,16H,1-9H2. The van der Waals surface area contributed by atoms with Crippen LogP contribution in [0.1, 0.15) is 38.5 Å². The second kappa shape index (κ2) is 5.14. The molecule has 2 aliphatic rings. The first-order chi connectivity index (χ1) is 7.99. The molecule has 0 aromatic carbocycles. The highest BCUT2D eigenvalue weighted by atomic mass is 19.4. The van der Waals surface area contributed by atoms with Gasteiger partial charge in [0.15, 0.2) is 0 Å². The van der Waals surface area contributed by atoms with E-state index >= 15 is 0 Å². The molecular formula is C12H20F3NO. The van der Waals surface area contributed by atoms with Crippen molar-refractivity contribution in [1.82, 2.24) is 5.32 Å². The number of hydrogen-bond acceptors (Lipinski definition) is 2. The lowest BCUT2D eigenvalue weighted by atomic mass is 9.67. The topological polar surface area (TPSA) is 21.3 Å². The second-order valence-electron chi connectivity index (χ2n) is 5.43. The Hall–Kier alpha value is -0.290. The fourth-order valence-corrected chi connectivity index (χ4v) is 2.32. The summed E-state index contributed by atoms with van der Waals surface area (Å²) in [4.78, 5) is 0. The number of halogens is 3. The molecule has 0 bridgehead atoms. The van der Waals surface area contributed by atoms with Gasteiger partial charge >= 0.3 is 6.18 Å². The molecule has 2 saturated carbocycles. The minimum absolute atomic E-state index is 0.216. The molecule has 5 heteroatoms. The Labute approximate surface area is 99.9 Å².